The number of nitrogens with two attached hydrogens (primary N) is 1. The second-order valence-electron chi connectivity index (χ2n) is 5.69. The third-order valence-electron chi connectivity index (χ3n) is 3.71. The van der Waals surface area contributed by atoms with Gasteiger partial charge in [-0.05, 0) is 65.9 Å². The number of anilines is 2. The Morgan fingerprint density at radius 1 is 1.33 bits per heavy atom. The Hall–Kier alpha value is -1.75. The van der Waals surface area contributed by atoms with E-state index >= 15 is 0 Å². The standard InChI is InChI=1S/C16H18BrN3O/c1-9-5-10(2)15(13(17)6-9)19-16(21)14-7-11(18)8-20(14)12-3-4-12/h5-8,12H,3-4,18H2,1-2H3,(H,19,21). The van der Waals surface area contributed by atoms with Gasteiger partial charge in [0.1, 0.15) is 5.69 Å². The Morgan fingerprint density at radius 2 is 2.05 bits per heavy atom. The number of amides is 1. The van der Waals surface area contributed by atoms with Gasteiger partial charge in [0.15, 0.2) is 0 Å². The highest BCUT2D eigenvalue weighted by Gasteiger charge is 2.28. The molecule has 1 aromatic carbocycles. The number of benzene rings is 1. The summed E-state index contributed by atoms with van der Waals surface area (Å²) < 4.78 is 2.88. The summed E-state index contributed by atoms with van der Waals surface area (Å²) in [5, 5.41) is 3.00. The fraction of sp³-hybridized carbons (Fsp3) is 0.312. The smallest absolute Gasteiger partial charge is 0.272 e. The van der Waals surface area contributed by atoms with Gasteiger partial charge in [-0.1, -0.05) is 6.07 Å². The van der Waals surface area contributed by atoms with Gasteiger partial charge in [0, 0.05) is 16.7 Å². The summed E-state index contributed by atoms with van der Waals surface area (Å²) in [6.07, 6.45) is 4.08. The van der Waals surface area contributed by atoms with Gasteiger partial charge in [0.25, 0.3) is 5.91 Å². The predicted octanol–water partition coefficient (Wildman–Crippen LogP) is 4.04. The molecular formula is C16H18BrN3O. The summed E-state index contributed by atoms with van der Waals surface area (Å²) in [4.78, 5) is 12.6. The van der Waals surface area contributed by atoms with Gasteiger partial charge in [0.05, 0.1) is 11.4 Å². The average Bonchev–Trinajstić information content (AvgIpc) is 3.16. The second kappa shape index (κ2) is 5.22. The summed E-state index contributed by atoms with van der Waals surface area (Å²) >= 11 is 3.52. The van der Waals surface area contributed by atoms with Gasteiger partial charge >= 0.3 is 0 Å². The molecule has 1 amide bonds. The van der Waals surface area contributed by atoms with Gasteiger partial charge in [-0.15, -0.1) is 0 Å². The number of nitrogens with one attached hydrogen (secondary N) is 1. The van der Waals surface area contributed by atoms with Crippen LogP contribution < -0.4 is 11.1 Å². The molecule has 0 aliphatic heterocycles. The van der Waals surface area contributed by atoms with Crippen molar-refractivity contribution < 1.29 is 4.79 Å². The lowest BCUT2D eigenvalue weighted by molar-refractivity contribution is 0.101. The molecule has 3 N–H and O–H groups in total. The summed E-state index contributed by atoms with van der Waals surface area (Å²) in [6, 6.07) is 6.21. The van der Waals surface area contributed by atoms with E-state index in [0.717, 1.165) is 34.1 Å². The first-order valence-electron chi connectivity index (χ1n) is 7.01. The molecule has 1 saturated carbocycles. The molecule has 3 rings (SSSR count). The summed E-state index contributed by atoms with van der Waals surface area (Å²) in [5.74, 6) is -0.119. The van der Waals surface area contributed by atoms with E-state index in [9.17, 15) is 4.79 Å². The van der Waals surface area contributed by atoms with Crippen molar-refractivity contribution in [3.8, 4) is 0 Å². The highest BCUT2D eigenvalue weighted by atomic mass is 79.9. The lowest BCUT2D eigenvalue weighted by Crippen LogP contribution is -2.17. The number of carbonyl (C=O) groups is 1. The van der Waals surface area contributed by atoms with E-state index in [0.29, 0.717) is 17.4 Å². The third kappa shape index (κ3) is 2.83. The molecule has 0 atom stereocenters. The number of nitrogens with zero attached hydrogens (tertiary/aromatic N) is 1. The molecule has 0 unspecified atom stereocenters. The minimum absolute atomic E-state index is 0.119. The first kappa shape index (κ1) is 14.2. The van der Waals surface area contributed by atoms with Crippen molar-refractivity contribution in [2.75, 3.05) is 11.1 Å². The number of hydrogen-bond donors (Lipinski definition) is 2. The monoisotopic (exact) mass is 347 g/mol. The molecule has 5 heteroatoms. The van der Waals surface area contributed by atoms with Crippen LogP contribution in [-0.4, -0.2) is 10.5 Å². The van der Waals surface area contributed by atoms with Crippen LogP contribution in [0.5, 0.6) is 0 Å². The van der Waals surface area contributed by atoms with Crippen LogP contribution in [0.15, 0.2) is 28.9 Å². The van der Waals surface area contributed by atoms with Crippen LogP contribution in [-0.2, 0) is 0 Å². The molecule has 110 valence electrons. The van der Waals surface area contributed by atoms with Crippen LogP contribution in [0.25, 0.3) is 0 Å². The van der Waals surface area contributed by atoms with E-state index < -0.39 is 0 Å². The summed E-state index contributed by atoms with van der Waals surface area (Å²) in [7, 11) is 0. The fourth-order valence-electron chi connectivity index (χ4n) is 2.59. The Morgan fingerprint density at radius 3 is 2.67 bits per heavy atom. The number of rotatable bonds is 3. The van der Waals surface area contributed by atoms with Crippen molar-refractivity contribution in [2.24, 2.45) is 0 Å². The Labute approximate surface area is 132 Å². The van der Waals surface area contributed by atoms with Crippen molar-refractivity contribution in [2.45, 2.75) is 32.7 Å². The highest BCUT2D eigenvalue weighted by Crippen LogP contribution is 2.37. The van der Waals surface area contributed by atoms with Crippen LogP contribution >= 0.6 is 15.9 Å². The van der Waals surface area contributed by atoms with E-state index in [-0.39, 0.29) is 5.91 Å². The van der Waals surface area contributed by atoms with Gasteiger partial charge in [0.2, 0.25) is 0 Å². The average molecular weight is 348 g/mol. The van der Waals surface area contributed by atoms with E-state index in [2.05, 4.69) is 27.3 Å². The minimum Gasteiger partial charge on any atom is -0.397 e. The van der Waals surface area contributed by atoms with E-state index in [1.165, 1.54) is 0 Å². The number of halogens is 1. The van der Waals surface area contributed by atoms with E-state index in [4.69, 9.17) is 5.73 Å². The molecule has 21 heavy (non-hydrogen) atoms. The molecule has 0 saturated heterocycles. The molecule has 1 aliphatic carbocycles. The largest absolute Gasteiger partial charge is 0.397 e. The van der Waals surface area contributed by atoms with Crippen molar-refractivity contribution >= 4 is 33.2 Å². The number of carbonyl (C=O) groups excluding carboxylic acids is 1. The number of aryl methyl sites for hydroxylation is 2. The van der Waals surface area contributed by atoms with Gasteiger partial charge < -0.3 is 15.6 Å². The van der Waals surface area contributed by atoms with Crippen LogP contribution in [0.3, 0.4) is 0 Å². The third-order valence-corrected chi connectivity index (χ3v) is 4.34. The number of hydrogen-bond acceptors (Lipinski definition) is 2. The molecular weight excluding hydrogens is 330 g/mol. The lowest BCUT2D eigenvalue weighted by atomic mass is 10.1. The maximum absolute atomic E-state index is 12.6. The zero-order valence-electron chi connectivity index (χ0n) is 12.1. The normalized spacial score (nSPS) is 14.2. The highest BCUT2D eigenvalue weighted by molar-refractivity contribution is 9.10. The molecule has 0 radical (unpaired) electrons. The van der Waals surface area contributed by atoms with Crippen LogP contribution in [0.4, 0.5) is 11.4 Å². The Balaban J connectivity index is 1.90. The summed E-state index contributed by atoms with van der Waals surface area (Å²) in [6.45, 7) is 4.02. The lowest BCUT2D eigenvalue weighted by Gasteiger charge is -2.13. The second-order valence-corrected chi connectivity index (χ2v) is 6.54. The van der Waals surface area contributed by atoms with Gasteiger partial charge in [-0.3, -0.25) is 4.79 Å². The van der Waals surface area contributed by atoms with Gasteiger partial charge in [-0.2, -0.15) is 0 Å². The molecule has 1 aliphatic rings. The number of aromatic nitrogens is 1. The number of nitrogen functional groups attached to an aromatic ring is 1. The van der Waals surface area contributed by atoms with Crippen molar-refractivity contribution in [1.29, 1.82) is 0 Å². The molecule has 1 aromatic heterocycles. The van der Waals surface area contributed by atoms with Crippen molar-refractivity contribution in [1.82, 2.24) is 4.57 Å². The first-order chi connectivity index (χ1) is 9.95. The van der Waals surface area contributed by atoms with Crippen LogP contribution in [0.2, 0.25) is 0 Å². The maximum Gasteiger partial charge on any atom is 0.272 e. The Kier molecular flexibility index (Phi) is 3.53. The molecule has 1 heterocycles. The van der Waals surface area contributed by atoms with Crippen LogP contribution in [0, 0.1) is 13.8 Å². The zero-order valence-corrected chi connectivity index (χ0v) is 13.7. The quantitative estimate of drug-likeness (QED) is 0.880. The minimum atomic E-state index is -0.119. The molecule has 2 aromatic rings. The van der Waals surface area contributed by atoms with Crippen molar-refractivity contribution in [3.05, 3.63) is 45.7 Å². The molecule has 0 spiro atoms. The molecule has 0 bridgehead atoms. The Bertz CT molecular complexity index is 693. The summed E-state index contributed by atoms with van der Waals surface area (Å²) in [5.41, 5.74) is 10.1. The fourth-order valence-corrected chi connectivity index (χ4v) is 3.36. The van der Waals surface area contributed by atoms with Crippen LogP contribution in [0.1, 0.15) is 40.5 Å². The SMILES string of the molecule is Cc1cc(C)c(NC(=O)c2cc(N)cn2C2CC2)c(Br)c1. The maximum atomic E-state index is 12.6. The van der Waals surface area contributed by atoms with Crippen molar-refractivity contribution in [3.63, 3.8) is 0 Å². The van der Waals surface area contributed by atoms with E-state index in [1.807, 2.05) is 30.7 Å². The van der Waals surface area contributed by atoms with Gasteiger partial charge in [-0.25, -0.2) is 0 Å². The zero-order chi connectivity index (χ0) is 15.1. The molecule has 1 fully saturated rings. The van der Waals surface area contributed by atoms with E-state index in [1.54, 1.807) is 6.07 Å². The first-order valence-corrected chi connectivity index (χ1v) is 7.80. The molecule has 4 nitrogen and oxygen atoms in total. The topological polar surface area (TPSA) is 60.1 Å². The predicted molar refractivity (Wildman–Crippen MR) is 88.7 cm³/mol.